The Morgan fingerprint density at radius 1 is 0.895 bits per heavy atom. The van der Waals surface area contributed by atoms with Gasteiger partial charge in [0, 0.05) is 6.42 Å². The zero-order chi connectivity index (χ0) is 14.0. The Bertz CT molecular complexity index is 279. The number of hydrogen-bond acceptors (Lipinski definition) is 2. The van der Waals surface area contributed by atoms with Gasteiger partial charge in [0.05, 0.1) is 0 Å². The largest absolute Gasteiger partial charge is 0.460 e. The van der Waals surface area contributed by atoms with Crippen LogP contribution in [0.4, 0.5) is 0 Å². The van der Waals surface area contributed by atoms with Gasteiger partial charge in [0.25, 0.3) is 0 Å². The van der Waals surface area contributed by atoms with Crippen molar-refractivity contribution in [2.45, 2.75) is 90.1 Å². The smallest absolute Gasteiger partial charge is 0.306 e. The summed E-state index contributed by atoms with van der Waals surface area (Å²) in [5.41, 5.74) is -0.321. The lowest BCUT2D eigenvalue weighted by atomic mass is 10.0. The van der Waals surface area contributed by atoms with Gasteiger partial charge in [-0.15, -0.1) is 0 Å². The number of esters is 1. The summed E-state index contributed by atoms with van der Waals surface area (Å²) in [4.78, 5) is 11.8. The molecule has 0 unspecified atom stereocenters. The predicted molar refractivity (Wildman–Crippen MR) is 80.1 cm³/mol. The molecule has 0 saturated carbocycles. The van der Waals surface area contributed by atoms with Gasteiger partial charge in [0.1, 0.15) is 5.60 Å². The Morgan fingerprint density at radius 2 is 1.47 bits per heavy atom. The minimum atomic E-state index is -0.321. The van der Waals surface area contributed by atoms with Gasteiger partial charge in [-0.25, -0.2) is 0 Å². The first kappa shape index (κ1) is 16.3. The number of hydrogen-bond donors (Lipinski definition) is 0. The van der Waals surface area contributed by atoms with Crippen LogP contribution < -0.4 is 0 Å². The molecule has 0 amide bonds. The van der Waals surface area contributed by atoms with E-state index in [0.717, 1.165) is 25.7 Å². The molecule has 0 aromatic rings. The van der Waals surface area contributed by atoms with E-state index in [0.29, 0.717) is 6.42 Å². The lowest BCUT2D eigenvalue weighted by Gasteiger charge is -2.24. The standard InChI is InChI=1S/C17H30O2/c1-17(2)15-13-11-9-7-5-3-4-6-8-10-12-14-16(18)19-17/h9,11H,3-8,10,12-15H2,1-2H3. The van der Waals surface area contributed by atoms with Crippen molar-refractivity contribution in [3.8, 4) is 0 Å². The Morgan fingerprint density at radius 3 is 2.21 bits per heavy atom. The molecule has 110 valence electrons. The summed E-state index contributed by atoms with van der Waals surface area (Å²) in [5.74, 6) is -0.0268. The molecule has 1 heterocycles. The van der Waals surface area contributed by atoms with Crippen LogP contribution in [-0.2, 0) is 9.53 Å². The molecule has 0 aromatic carbocycles. The topological polar surface area (TPSA) is 26.3 Å². The van der Waals surface area contributed by atoms with Gasteiger partial charge >= 0.3 is 5.97 Å². The van der Waals surface area contributed by atoms with Gasteiger partial charge in [-0.3, -0.25) is 4.79 Å². The van der Waals surface area contributed by atoms with Crippen molar-refractivity contribution in [1.29, 1.82) is 0 Å². The molecular weight excluding hydrogens is 236 g/mol. The van der Waals surface area contributed by atoms with Crippen molar-refractivity contribution in [1.82, 2.24) is 0 Å². The predicted octanol–water partition coefficient (Wildman–Crippen LogP) is 5.17. The minimum absolute atomic E-state index is 0.0268. The SMILES string of the molecule is CC1(C)CCC=CCCCCCCCCCC(=O)O1. The average molecular weight is 266 g/mol. The molecule has 19 heavy (non-hydrogen) atoms. The van der Waals surface area contributed by atoms with Crippen molar-refractivity contribution >= 4 is 5.97 Å². The fourth-order valence-corrected chi connectivity index (χ4v) is 2.49. The van der Waals surface area contributed by atoms with Gasteiger partial charge in [0.15, 0.2) is 0 Å². The second-order valence-corrected chi connectivity index (χ2v) is 6.26. The maximum absolute atomic E-state index is 11.8. The average Bonchev–Trinajstić information content (AvgIpc) is 2.33. The summed E-state index contributed by atoms with van der Waals surface area (Å²) in [7, 11) is 0. The van der Waals surface area contributed by atoms with E-state index in [4.69, 9.17) is 4.74 Å². The summed E-state index contributed by atoms with van der Waals surface area (Å²) < 4.78 is 5.57. The van der Waals surface area contributed by atoms with Crippen molar-refractivity contribution in [2.24, 2.45) is 0 Å². The maximum atomic E-state index is 11.8. The Hall–Kier alpha value is -0.790. The first-order valence-corrected chi connectivity index (χ1v) is 7.97. The number of cyclic esters (lactones) is 1. The molecule has 0 N–H and O–H groups in total. The molecule has 1 rings (SSSR count). The summed E-state index contributed by atoms with van der Waals surface area (Å²) in [5, 5.41) is 0. The summed E-state index contributed by atoms with van der Waals surface area (Å²) in [6.07, 6.45) is 16.9. The Kier molecular flexibility index (Phi) is 7.85. The zero-order valence-corrected chi connectivity index (χ0v) is 12.7. The molecule has 0 aromatic heterocycles. The Labute approximate surface area is 118 Å². The van der Waals surface area contributed by atoms with E-state index >= 15 is 0 Å². The monoisotopic (exact) mass is 266 g/mol. The number of carbonyl (C=O) groups excluding carboxylic acids is 1. The molecule has 2 nitrogen and oxygen atoms in total. The van der Waals surface area contributed by atoms with Crippen LogP contribution in [0, 0.1) is 0 Å². The van der Waals surface area contributed by atoms with Crippen LogP contribution in [0.25, 0.3) is 0 Å². The van der Waals surface area contributed by atoms with Crippen LogP contribution >= 0.6 is 0 Å². The van der Waals surface area contributed by atoms with Crippen LogP contribution in [0.5, 0.6) is 0 Å². The first-order chi connectivity index (χ1) is 9.10. The lowest BCUT2D eigenvalue weighted by Crippen LogP contribution is -2.27. The van der Waals surface area contributed by atoms with E-state index in [1.807, 2.05) is 13.8 Å². The van der Waals surface area contributed by atoms with Gasteiger partial charge < -0.3 is 4.74 Å². The Balaban J connectivity index is 2.40. The maximum Gasteiger partial charge on any atom is 0.306 e. The highest BCUT2D eigenvalue weighted by molar-refractivity contribution is 5.69. The van der Waals surface area contributed by atoms with Crippen LogP contribution in [-0.4, -0.2) is 11.6 Å². The highest BCUT2D eigenvalue weighted by atomic mass is 16.6. The molecular formula is C17H30O2. The highest BCUT2D eigenvalue weighted by Gasteiger charge is 2.21. The molecule has 1 aliphatic rings. The number of rotatable bonds is 0. The number of carbonyl (C=O) groups is 1. The molecule has 0 aliphatic carbocycles. The lowest BCUT2D eigenvalue weighted by molar-refractivity contribution is -0.157. The van der Waals surface area contributed by atoms with Crippen molar-refractivity contribution in [3.63, 3.8) is 0 Å². The summed E-state index contributed by atoms with van der Waals surface area (Å²) in [6.45, 7) is 4.03. The second kappa shape index (κ2) is 9.17. The van der Waals surface area contributed by atoms with Crippen LogP contribution in [0.2, 0.25) is 0 Å². The summed E-state index contributed by atoms with van der Waals surface area (Å²) >= 11 is 0. The van der Waals surface area contributed by atoms with E-state index < -0.39 is 0 Å². The van der Waals surface area contributed by atoms with Gasteiger partial charge in [-0.2, -0.15) is 0 Å². The fourth-order valence-electron chi connectivity index (χ4n) is 2.49. The molecule has 0 fully saturated rings. The van der Waals surface area contributed by atoms with Crippen LogP contribution in [0.15, 0.2) is 12.2 Å². The van der Waals surface area contributed by atoms with E-state index in [1.54, 1.807) is 0 Å². The summed E-state index contributed by atoms with van der Waals surface area (Å²) in [6, 6.07) is 0. The quantitative estimate of drug-likeness (QED) is 0.446. The van der Waals surface area contributed by atoms with E-state index in [1.165, 1.54) is 38.5 Å². The third-order valence-corrected chi connectivity index (χ3v) is 3.72. The molecule has 0 spiro atoms. The third-order valence-electron chi connectivity index (χ3n) is 3.72. The molecule has 0 bridgehead atoms. The minimum Gasteiger partial charge on any atom is -0.460 e. The van der Waals surface area contributed by atoms with E-state index in [9.17, 15) is 4.79 Å². The molecule has 0 radical (unpaired) electrons. The van der Waals surface area contributed by atoms with Gasteiger partial charge in [-0.1, -0.05) is 44.3 Å². The number of ether oxygens (including phenoxy) is 1. The normalized spacial score (nSPS) is 23.8. The van der Waals surface area contributed by atoms with Crippen molar-refractivity contribution in [2.75, 3.05) is 0 Å². The van der Waals surface area contributed by atoms with Crippen molar-refractivity contribution < 1.29 is 9.53 Å². The van der Waals surface area contributed by atoms with Gasteiger partial charge in [0.2, 0.25) is 0 Å². The van der Waals surface area contributed by atoms with E-state index in [-0.39, 0.29) is 11.6 Å². The molecule has 0 atom stereocenters. The second-order valence-electron chi connectivity index (χ2n) is 6.26. The van der Waals surface area contributed by atoms with Gasteiger partial charge in [-0.05, 0) is 46.0 Å². The fraction of sp³-hybridized carbons (Fsp3) is 0.824. The van der Waals surface area contributed by atoms with Crippen LogP contribution in [0.1, 0.15) is 84.5 Å². The third kappa shape index (κ3) is 8.85. The molecule has 2 heteroatoms. The molecule has 1 aliphatic heterocycles. The van der Waals surface area contributed by atoms with Crippen LogP contribution in [0.3, 0.4) is 0 Å². The van der Waals surface area contributed by atoms with Crippen molar-refractivity contribution in [3.05, 3.63) is 12.2 Å². The number of allylic oxidation sites excluding steroid dienone is 2. The first-order valence-electron chi connectivity index (χ1n) is 7.97. The molecule has 0 saturated heterocycles. The zero-order valence-electron chi connectivity index (χ0n) is 12.7. The highest BCUT2D eigenvalue weighted by Crippen LogP contribution is 2.19. The van der Waals surface area contributed by atoms with E-state index in [2.05, 4.69) is 12.2 Å².